The Bertz CT molecular complexity index is 1080. The predicted molar refractivity (Wildman–Crippen MR) is 113 cm³/mol. The molecule has 1 aromatic carbocycles. The number of urea groups is 1. The maximum absolute atomic E-state index is 12.7. The van der Waals surface area contributed by atoms with Crippen molar-refractivity contribution in [3.63, 3.8) is 0 Å². The predicted octanol–water partition coefficient (Wildman–Crippen LogP) is 3.56. The van der Waals surface area contributed by atoms with E-state index >= 15 is 0 Å². The lowest BCUT2D eigenvalue weighted by Crippen LogP contribution is -2.34. The Morgan fingerprint density at radius 2 is 2.10 bits per heavy atom. The second kappa shape index (κ2) is 9.61. The molecule has 0 aliphatic heterocycles. The van der Waals surface area contributed by atoms with E-state index < -0.39 is 38.2 Å². The summed E-state index contributed by atoms with van der Waals surface area (Å²) < 4.78 is 35.3. The van der Waals surface area contributed by atoms with E-state index in [1.807, 2.05) is 6.07 Å². The number of phenolic OH excluding ortho intramolecular Hbond substituents is 1. The summed E-state index contributed by atoms with van der Waals surface area (Å²) in [4.78, 5) is 23.2. The average Bonchev–Trinajstić information content (AvgIpc) is 3.19. The Hall–Kier alpha value is -2.72. The summed E-state index contributed by atoms with van der Waals surface area (Å²) in [7, 11) is -2.81. The van der Waals surface area contributed by atoms with Crippen molar-refractivity contribution in [3.05, 3.63) is 40.8 Å². The topological polar surface area (TPSA) is 135 Å². The van der Waals surface area contributed by atoms with Gasteiger partial charge in [0.15, 0.2) is 15.6 Å². The van der Waals surface area contributed by atoms with Crippen LogP contribution in [0, 0.1) is 0 Å². The number of halogens is 1. The Morgan fingerprint density at radius 1 is 1.32 bits per heavy atom. The average molecular weight is 471 g/mol. The van der Waals surface area contributed by atoms with Gasteiger partial charge in [0.05, 0.1) is 35.9 Å². The van der Waals surface area contributed by atoms with Gasteiger partial charge in [-0.3, -0.25) is 4.79 Å². The number of anilines is 1. The minimum atomic E-state index is -4.02. The van der Waals surface area contributed by atoms with Crippen LogP contribution in [-0.2, 0) is 25.8 Å². The maximum Gasteiger partial charge on any atom is 0.319 e. The van der Waals surface area contributed by atoms with E-state index in [0.29, 0.717) is 12.2 Å². The van der Waals surface area contributed by atoms with Crippen molar-refractivity contribution in [2.24, 2.45) is 0 Å². The number of aryl methyl sites for hydroxylation is 1. The molecule has 1 aliphatic carbocycles. The van der Waals surface area contributed by atoms with E-state index in [-0.39, 0.29) is 29.6 Å². The molecule has 0 fully saturated rings. The molecule has 0 saturated carbocycles. The normalized spacial score (nSPS) is 15.7. The molecule has 0 spiro atoms. The van der Waals surface area contributed by atoms with Crippen molar-refractivity contribution in [3.8, 4) is 5.75 Å². The summed E-state index contributed by atoms with van der Waals surface area (Å²) in [5, 5.41) is 15.6. The Morgan fingerprint density at radius 3 is 2.84 bits per heavy atom. The van der Waals surface area contributed by atoms with Gasteiger partial charge in [0.2, 0.25) is 0 Å². The van der Waals surface area contributed by atoms with Crippen LogP contribution < -0.4 is 10.6 Å². The third-order valence-corrected chi connectivity index (χ3v) is 7.29. The van der Waals surface area contributed by atoms with Gasteiger partial charge in [0.25, 0.3) is 0 Å². The Labute approximate surface area is 184 Å². The molecule has 3 rings (SSSR count). The minimum absolute atomic E-state index is 0.00389. The summed E-state index contributed by atoms with van der Waals surface area (Å²) in [6, 6.07) is 3.50. The molecule has 2 amide bonds. The molecular weight excluding hydrogens is 448 g/mol. The molecule has 9 nitrogen and oxygen atoms in total. The lowest BCUT2D eigenvalue weighted by molar-refractivity contribution is -0.140. The van der Waals surface area contributed by atoms with Gasteiger partial charge in [-0.1, -0.05) is 11.6 Å². The number of hydrogen-bond donors (Lipinski definition) is 3. The lowest BCUT2D eigenvalue weighted by Gasteiger charge is -2.22. The van der Waals surface area contributed by atoms with Gasteiger partial charge in [-0.15, -0.1) is 0 Å². The van der Waals surface area contributed by atoms with Crippen LogP contribution in [0.1, 0.15) is 43.0 Å². The van der Waals surface area contributed by atoms with E-state index in [1.54, 1.807) is 6.26 Å². The molecule has 3 N–H and O–H groups in total. The first-order valence-corrected chi connectivity index (χ1v) is 11.7. The molecule has 168 valence electrons. The number of esters is 1. The van der Waals surface area contributed by atoms with Gasteiger partial charge in [0, 0.05) is 6.42 Å². The van der Waals surface area contributed by atoms with E-state index in [1.165, 1.54) is 19.2 Å². The maximum atomic E-state index is 12.7. The zero-order chi connectivity index (χ0) is 22.6. The molecule has 11 heteroatoms. The molecule has 1 unspecified atom stereocenters. The van der Waals surface area contributed by atoms with Gasteiger partial charge >= 0.3 is 12.0 Å². The number of carbonyl (C=O) groups is 2. The van der Waals surface area contributed by atoms with Gasteiger partial charge in [0.1, 0.15) is 10.7 Å². The van der Waals surface area contributed by atoms with E-state index in [2.05, 4.69) is 15.4 Å². The second-order valence-electron chi connectivity index (χ2n) is 7.12. The summed E-state index contributed by atoms with van der Waals surface area (Å²) >= 11 is 6.02. The van der Waals surface area contributed by atoms with Crippen LogP contribution in [-0.4, -0.2) is 38.4 Å². The van der Waals surface area contributed by atoms with E-state index in [0.717, 1.165) is 18.4 Å². The van der Waals surface area contributed by atoms with Gasteiger partial charge in [-0.25, -0.2) is 13.2 Å². The third-order valence-electron chi connectivity index (χ3n) is 5.01. The first-order valence-electron chi connectivity index (χ1n) is 9.67. The fourth-order valence-corrected chi connectivity index (χ4v) is 5.50. The summed E-state index contributed by atoms with van der Waals surface area (Å²) in [5.41, 5.74) is 0.926. The number of sulfone groups is 1. The summed E-state index contributed by atoms with van der Waals surface area (Å²) in [6.07, 6.45) is 3.93. The SMILES string of the molecule is COC(=O)CCCS(=O)(=O)c1c(Cl)ccc(NC(=O)NC2CCCc3ccoc32)c1O. The molecule has 1 aromatic heterocycles. The molecule has 2 aromatic rings. The van der Waals surface area contributed by atoms with Crippen LogP contribution in [0.3, 0.4) is 0 Å². The molecule has 1 aliphatic rings. The smallest absolute Gasteiger partial charge is 0.319 e. The molecule has 0 bridgehead atoms. The molecule has 1 heterocycles. The number of nitrogens with one attached hydrogen (secondary N) is 2. The van der Waals surface area contributed by atoms with Gasteiger partial charge < -0.3 is 24.9 Å². The van der Waals surface area contributed by atoms with Crippen molar-refractivity contribution in [2.45, 2.75) is 43.0 Å². The molecular formula is C20H23ClN2O7S. The monoisotopic (exact) mass is 470 g/mol. The third kappa shape index (κ3) is 5.31. The highest BCUT2D eigenvalue weighted by Crippen LogP contribution is 2.38. The number of hydrogen-bond acceptors (Lipinski definition) is 7. The number of rotatable bonds is 7. The second-order valence-corrected chi connectivity index (χ2v) is 9.58. The number of phenols is 1. The van der Waals surface area contributed by atoms with Crippen LogP contribution in [0.25, 0.3) is 0 Å². The molecule has 1 atom stereocenters. The minimum Gasteiger partial charge on any atom is -0.504 e. The number of benzene rings is 1. The highest BCUT2D eigenvalue weighted by Gasteiger charge is 2.27. The zero-order valence-corrected chi connectivity index (χ0v) is 18.4. The number of ether oxygens (including phenoxy) is 1. The first-order chi connectivity index (χ1) is 14.7. The van der Waals surface area contributed by atoms with Crippen LogP contribution in [0.15, 0.2) is 33.8 Å². The van der Waals surface area contributed by atoms with E-state index in [9.17, 15) is 23.1 Å². The summed E-state index contributed by atoms with van der Waals surface area (Å²) in [6.45, 7) is 0. The zero-order valence-electron chi connectivity index (χ0n) is 16.8. The summed E-state index contributed by atoms with van der Waals surface area (Å²) in [5.74, 6) is -0.937. The number of methoxy groups -OCH3 is 1. The highest BCUT2D eigenvalue weighted by molar-refractivity contribution is 7.91. The van der Waals surface area contributed by atoms with Crippen molar-refractivity contribution >= 4 is 39.1 Å². The van der Waals surface area contributed by atoms with Crippen molar-refractivity contribution in [1.29, 1.82) is 0 Å². The number of amides is 2. The van der Waals surface area contributed by atoms with Crippen LogP contribution >= 0.6 is 11.6 Å². The van der Waals surface area contributed by atoms with Crippen molar-refractivity contribution < 1.29 is 32.3 Å². The highest BCUT2D eigenvalue weighted by atomic mass is 35.5. The number of furan rings is 1. The Kier molecular flexibility index (Phi) is 7.11. The standard InChI is InChI=1S/C20H23ClN2O7S/c1-29-16(24)6-3-11-31(27,28)19-13(21)7-8-14(17(19)25)22-20(26)23-15-5-2-4-12-9-10-30-18(12)15/h7-10,15,25H,2-6,11H2,1H3,(H2,22,23,26). The lowest BCUT2D eigenvalue weighted by atomic mass is 9.94. The molecule has 0 saturated heterocycles. The van der Waals surface area contributed by atoms with Crippen LogP contribution in [0.5, 0.6) is 5.75 Å². The number of fused-ring (bicyclic) bond motifs is 1. The van der Waals surface area contributed by atoms with E-state index in [4.69, 9.17) is 16.0 Å². The molecule has 0 radical (unpaired) electrons. The van der Waals surface area contributed by atoms with Crippen LogP contribution in [0.2, 0.25) is 5.02 Å². The fraction of sp³-hybridized carbons (Fsp3) is 0.400. The van der Waals surface area contributed by atoms with Crippen LogP contribution in [0.4, 0.5) is 10.5 Å². The number of aromatic hydroxyl groups is 1. The fourth-order valence-electron chi connectivity index (χ4n) is 3.50. The molecule has 31 heavy (non-hydrogen) atoms. The Balaban J connectivity index is 1.73. The quantitative estimate of drug-likeness (QED) is 0.415. The van der Waals surface area contributed by atoms with Crippen molar-refractivity contribution in [2.75, 3.05) is 18.2 Å². The largest absolute Gasteiger partial charge is 0.504 e. The van der Waals surface area contributed by atoms with Gasteiger partial charge in [-0.05, 0) is 49.4 Å². The number of carbonyl (C=O) groups excluding carboxylic acids is 2. The first kappa shape index (κ1) is 23.0. The van der Waals surface area contributed by atoms with Crippen molar-refractivity contribution in [1.82, 2.24) is 5.32 Å². The van der Waals surface area contributed by atoms with Gasteiger partial charge in [-0.2, -0.15) is 0 Å².